The van der Waals surface area contributed by atoms with E-state index in [2.05, 4.69) is 50.2 Å². The van der Waals surface area contributed by atoms with Crippen molar-refractivity contribution in [2.75, 3.05) is 33.0 Å². The number of esters is 1. The van der Waals surface area contributed by atoms with Crippen LogP contribution in [0.15, 0.2) is 48.5 Å². The quantitative estimate of drug-likeness (QED) is 0.228. The average Bonchev–Trinajstić information content (AvgIpc) is 3.49. The maximum Gasteiger partial charge on any atom is 0.410 e. The van der Waals surface area contributed by atoms with Gasteiger partial charge in [0.15, 0.2) is 0 Å². The van der Waals surface area contributed by atoms with E-state index in [0.29, 0.717) is 32.3 Å². The molecule has 1 amide bonds. The summed E-state index contributed by atoms with van der Waals surface area (Å²) in [5.41, 5.74) is 4.89. The summed E-state index contributed by atoms with van der Waals surface area (Å²) in [4.78, 5) is 26.2. The molecule has 0 bridgehead atoms. The number of fused-ring (bicyclic) bond motifs is 1. The number of carbonyl (C=O) groups excluding carboxylic acids is 2. The van der Waals surface area contributed by atoms with Crippen LogP contribution in [-0.4, -0.2) is 61.6 Å². The van der Waals surface area contributed by atoms with Gasteiger partial charge in [-0.15, -0.1) is 0 Å². The lowest BCUT2D eigenvalue weighted by Crippen LogP contribution is -2.46. The standard InChI is InChI=1S/C32H43NO6/c1-5-37-30(34)22-36-16-10-14-25-11-8-9-15-29(25)23(2)38-21-28-20-33(31(35)39-28)32(3,4)19-24-17-26-12-6-7-13-27(26)18-24/h6-9,11-13,15,23-24,28H,5,10,14,16-22H2,1-4H3/t23-,28-/m1/s1. The number of hydrogen-bond donors (Lipinski definition) is 0. The highest BCUT2D eigenvalue weighted by Crippen LogP contribution is 2.36. The number of cyclic esters (lactones) is 1. The Morgan fingerprint density at radius 1 is 1.10 bits per heavy atom. The van der Waals surface area contributed by atoms with Crippen molar-refractivity contribution >= 4 is 12.1 Å². The van der Waals surface area contributed by atoms with Crippen LogP contribution in [-0.2, 0) is 43.0 Å². The molecular weight excluding hydrogens is 494 g/mol. The van der Waals surface area contributed by atoms with Crippen molar-refractivity contribution in [3.05, 3.63) is 70.8 Å². The summed E-state index contributed by atoms with van der Waals surface area (Å²) in [6.45, 7) is 9.83. The second-order valence-corrected chi connectivity index (χ2v) is 11.3. The van der Waals surface area contributed by atoms with Gasteiger partial charge in [0.25, 0.3) is 0 Å². The number of carbonyl (C=O) groups is 2. The van der Waals surface area contributed by atoms with Crippen molar-refractivity contribution in [2.45, 2.75) is 77.5 Å². The third kappa shape index (κ3) is 7.83. The van der Waals surface area contributed by atoms with Crippen LogP contribution in [0.5, 0.6) is 0 Å². The number of rotatable bonds is 14. The predicted octanol–water partition coefficient (Wildman–Crippen LogP) is 5.68. The third-order valence-corrected chi connectivity index (χ3v) is 7.81. The van der Waals surface area contributed by atoms with E-state index >= 15 is 0 Å². The SMILES string of the molecule is CCOC(=O)COCCCc1ccccc1[C@@H](C)OC[C@H]1CN(C(C)(C)CC2Cc3ccccc3C2)C(=O)O1. The van der Waals surface area contributed by atoms with Crippen LogP contribution in [0.2, 0.25) is 0 Å². The molecule has 2 atom stereocenters. The molecular formula is C32H43NO6. The van der Waals surface area contributed by atoms with Crippen LogP contribution < -0.4 is 0 Å². The van der Waals surface area contributed by atoms with Gasteiger partial charge in [0.1, 0.15) is 12.7 Å². The van der Waals surface area contributed by atoms with E-state index in [4.69, 9.17) is 18.9 Å². The summed E-state index contributed by atoms with van der Waals surface area (Å²) >= 11 is 0. The minimum absolute atomic E-state index is 0.0166. The number of amides is 1. The van der Waals surface area contributed by atoms with Crippen molar-refractivity contribution in [1.82, 2.24) is 4.90 Å². The molecule has 1 saturated heterocycles. The fraction of sp³-hybridized carbons (Fsp3) is 0.562. The molecule has 2 aromatic carbocycles. The van der Waals surface area contributed by atoms with Gasteiger partial charge < -0.3 is 18.9 Å². The topological polar surface area (TPSA) is 74.3 Å². The van der Waals surface area contributed by atoms with E-state index in [9.17, 15) is 9.59 Å². The van der Waals surface area contributed by atoms with E-state index in [1.165, 1.54) is 16.7 Å². The van der Waals surface area contributed by atoms with Crippen LogP contribution in [0.4, 0.5) is 4.79 Å². The van der Waals surface area contributed by atoms with E-state index < -0.39 is 0 Å². The van der Waals surface area contributed by atoms with E-state index in [1.807, 2.05) is 24.0 Å². The summed E-state index contributed by atoms with van der Waals surface area (Å²) in [5, 5.41) is 0. The van der Waals surface area contributed by atoms with Gasteiger partial charge in [-0.25, -0.2) is 9.59 Å². The fourth-order valence-corrected chi connectivity index (χ4v) is 5.94. The van der Waals surface area contributed by atoms with Crippen LogP contribution in [0, 0.1) is 5.92 Å². The normalized spacial score (nSPS) is 18.2. The molecule has 0 N–H and O–H groups in total. The smallest absolute Gasteiger partial charge is 0.410 e. The molecule has 1 fully saturated rings. The molecule has 1 heterocycles. The molecule has 7 nitrogen and oxygen atoms in total. The number of nitrogens with zero attached hydrogens (tertiary/aromatic N) is 1. The van der Waals surface area contributed by atoms with Gasteiger partial charge in [0.2, 0.25) is 0 Å². The lowest BCUT2D eigenvalue weighted by Gasteiger charge is -2.35. The lowest BCUT2D eigenvalue weighted by molar-refractivity contribution is -0.148. The molecule has 4 rings (SSSR count). The van der Waals surface area contributed by atoms with E-state index in [0.717, 1.165) is 37.7 Å². The number of benzene rings is 2. The van der Waals surface area contributed by atoms with Crippen molar-refractivity contribution in [1.29, 1.82) is 0 Å². The van der Waals surface area contributed by atoms with Crippen LogP contribution >= 0.6 is 0 Å². The number of hydrogen-bond acceptors (Lipinski definition) is 6. The molecule has 212 valence electrons. The maximum atomic E-state index is 12.8. The molecule has 0 radical (unpaired) electrons. The Hall–Kier alpha value is -2.90. The first kappa shape index (κ1) is 29.1. The Morgan fingerprint density at radius 3 is 2.51 bits per heavy atom. The molecule has 0 saturated carbocycles. The molecule has 7 heteroatoms. The molecule has 1 aliphatic heterocycles. The highest BCUT2D eigenvalue weighted by Gasteiger charge is 2.42. The van der Waals surface area contributed by atoms with Crippen molar-refractivity contribution in [3.63, 3.8) is 0 Å². The maximum absolute atomic E-state index is 12.8. The highest BCUT2D eigenvalue weighted by molar-refractivity contribution is 5.71. The first-order valence-electron chi connectivity index (χ1n) is 14.2. The second kappa shape index (κ2) is 13.4. The Kier molecular flexibility index (Phi) is 10.0. The minimum atomic E-state index is -0.335. The Balaban J connectivity index is 1.23. The lowest BCUT2D eigenvalue weighted by atomic mass is 9.87. The largest absolute Gasteiger partial charge is 0.464 e. The fourth-order valence-electron chi connectivity index (χ4n) is 5.94. The molecule has 0 spiro atoms. The van der Waals surface area contributed by atoms with Gasteiger partial charge >= 0.3 is 12.1 Å². The summed E-state index contributed by atoms with van der Waals surface area (Å²) in [5.74, 6) is 0.200. The first-order valence-corrected chi connectivity index (χ1v) is 14.2. The van der Waals surface area contributed by atoms with E-state index in [1.54, 1.807) is 6.92 Å². The molecule has 39 heavy (non-hydrogen) atoms. The Labute approximate surface area is 232 Å². The first-order chi connectivity index (χ1) is 18.8. The van der Waals surface area contributed by atoms with Crippen LogP contribution in [0.25, 0.3) is 0 Å². The third-order valence-electron chi connectivity index (χ3n) is 7.81. The van der Waals surface area contributed by atoms with Gasteiger partial charge in [-0.05, 0) is 88.0 Å². The van der Waals surface area contributed by atoms with Gasteiger partial charge in [-0.1, -0.05) is 48.5 Å². The molecule has 2 aromatic rings. The average molecular weight is 538 g/mol. The van der Waals surface area contributed by atoms with Gasteiger partial charge in [-0.2, -0.15) is 0 Å². The van der Waals surface area contributed by atoms with Crippen molar-refractivity contribution in [3.8, 4) is 0 Å². The summed E-state index contributed by atoms with van der Waals surface area (Å²) in [6.07, 6.45) is 4.02. The monoisotopic (exact) mass is 537 g/mol. The zero-order valence-electron chi connectivity index (χ0n) is 23.8. The molecule has 2 aliphatic rings. The zero-order valence-corrected chi connectivity index (χ0v) is 23.8. The summed E-state index contributed by atoms with van der Waals surface area (Å²) < 4.78 is 22.3. The predicted molar refractivity (Wildman–Crippen MR) is 150 cm³/mol. The van der Waals surface area contributed by atoms with Crippen molar-refractivity contribution in [2.24, 2.45) is 5.92 Å². The Morgan fingerprint density at radius 2 is 1.79 bits per heavy atom. The van der Waals surface area contributed by atoms with Crippen molar-refractivity contribution < 1.29 is 28.5 Å². The Bertz CT molecular complexity index is 1090. The summed E-state index contributed by atoms with van der Waals surface area (Å²) in [7, 11) is 0. The summed E-state index contributed by atoms with van der Waals surface area (Å²) in [6, 6.07) is 16.9. The highest BCUT2D eigenvalue weighted by atomic mass is 16.6. The molecule has 1 aliphatic carbocycles. The second-order valence-electron chi connectivity index (χ2n) is 11.3. The molecule has 0 aromatic heterocycles. The zero-order chi connectivity index (χ0) is 27.8. The van der Waals surface area contributed by atoms with E-state index in [-0.39, 0.29) is 36.4 Å². The minimum Gasteiger partial charge on any atom is -0.464 e. The van der Waals surface area contributed by atoms with Crippen LogP contribution in [0.3, 0.4) is 0 Å². The number of aryl methyl sites for hydroxylation is 1. The molecule has 0 unspecified atom stereocenters. The van der Waals surface area contributed by atoms with Crippen LogP contribution in [0.1, 0.15) is 68.9 Å². The van der Waals surface area contributed by atoms with Gasteiger partial charge in [-0.3, -0.25) is 4.90 Å². The van der Waals surface area contributed by atoms with Gasteiger partial charge in [0.05, 0.1) is 25.9 Å². The van der Waals surface area contributed by atoms with Gasteiger partial charge in [0, 0.05) is 12.1 Å². The number of ether oxygens (including phenoxy) is 4.